The van der Waals surface area contributed by atoms with Gasteiger partial charge in [0.05, 0.1) is 5.75 Å². The van der Waals surface area contributed by atoms with Gasteiger partial charge in [-0.1, -0.05) is 60.3 Å². The number of para-hydroxylation sites is 1. The molecule has 6 nitrogen and oxygen atoms in total. The van der Waals surface area contributed by atoms with Crippen LogP contribution in [0.5, 0.6) is 0 Å². The zero-order valence-corrected chi connectivity index (χ0v) is 17.9. The predicted octanol–water partition coefficient (Wildman–Crippen LogP) is 5.21. The van der Waals surface area contributed by atoms with E-state index in [1.165, 1.54) is 11.8 Å². The summed E-state index contributed by atoms with van der Waals surface area (Å²) in [6.07, 6.45) is 3.45. The van der Waals surface area contributed by atoms with Crippen LogP contribution in [0, 0.1) is 0 Å². The Morgan fingerprint density at radius 3 is 2.41 bits per heavy atom. The van der Waals surface area contributed by atoms with Gasteiger partial charge < -0.3 is 5.32 Å². The maximum atomic E-state index is 12.6. The van der Waals surface area contributed by atoms with Gasteiger partial charge in [0, 0.05) is 29.3 Å². The molecule has 0 unspecified atom stereocenters. The maximum absolute atomic E-state index is 12.6. The van der Waals surface area contributed by atoms with Gasteiger partial charge in [-0.3, -0.25) is 14.3 Å². The third-order valence-corrected chi connectivity index (χ3v) is 5.88. The molecule has 2 aromatic heterocycles. The molecule has 0 saturated carbocycles. The molecule has 156 valence electrons. The molecule has 0 aliphatic heterocycles. The van der Waals surface area contributed by atoms with Crippen LogP contribution in [0.1, 0.15) is 0 Å². The van der Waals surface area contributed by atoms with Crippen LogP contribution in [0.3, 0.4) is 0 Å². The fourth-order valence-corrected chi connectivity index (χ4v) is 4.21. The number of anilines is 1. The van der Waals surface area contributed by atoms with Crippen molar-refractivity contribution in [3.8, 4) is 17.1 Å². The molecule has 0 aliphatic rings. The molecule has 0 radical (unpaired) electrons. The Balaban J connectivity index is 1.37. The van der Waals surface area contributed by atoms with Gasteiger partial charge in [-0.15, -0.1) is 10.2 Å². The van der Waals surface area contributed by atoms with Gasteiger partial charge >= 0.3 is 0 Å². The van der Waals surface area contributed by atoms with E-state index >= 15 is 0 Å². The minimum Gasteiger partial charge on any atom is -0.325 e. The second kappa shape index (κ2) is 9.03. The molecule has 1 amide bonds. The van der Waals surface area contributed by atoms with Gasteiger partial charge in [0.15, 0.2) is 11.0 Å². The zero-order chi connectivity index (χ0) is 21.8. The molecule has 0 saturated heterocycles. The molecule has 1 N–H and O–H groups in total. The SMILES string of the molecule is O=C(CSc1nnc(-c2ccncc2)n1-c1ccccc1)Nc1ccc2ccccc2c1. The normalized spacial score (nSPS) is 10.9. The van der Waals surface area contributed by atoms with E-state index in [1.807, 2.05) is 89.5 Å². The van der Waals surface area contributed by atoms with Crippen LogP contribution < -0.4 is 5.32 Å². The van der Waals surface area contributed by atoms with Crippen molar-refractivity contribution in [2.75, 3.05) is 11.1 Å². The summed E-state index contributed by atoms with van der Waals surface area (Å²) in [4.78, 5) is 16.7. The number of carbonyl (C=O) groups excluding carboxylic acids is 1. The number of fused-ring (bicyclic) bond motifs is 1. The lowest BCUT2D eigenvalue weighted by molar-refractivity contribution is -0.113. The molecule has 5 aromatic rings. The van der Waals surface area contributed by atoms with E-state index in [-0.39, 0.29) is 11.7 Å². The van der Waals surface area contributed by atoms with E-state index in [0.29, 0.717) is 11.0 Å². The van der Waals surface area contributed by atoms with Crippen molar-refractivity contribution in [2.24, 2.45) is 0 Å². The van der Waals surface area contributed by atoms with Gasteiger partial charge in [0.1, 0.15) is 0 Å². The van der Waals surface area contributed by atoms with Crippen molar-refractivity contribution in [3.63, 3.8) is 0 Å². The Morgan fingerprint density at radius 2 is 1.59 bits per heavy atom. The number of amides is 1. The fourth-order valence-electron chi connectivity index (χ4n) is 3.46. The highest BCUT2D eigenvalue weighted by Crippen LogP contribution is 2.28. The van der Waals surface area contributed by atoms with Crippen molar-refractivity contribution < 1.29 is 4.79 Å². The van der Waals surface area contributed by atoms with Gasteiger partial charge in [-0.05, 0) is 47.2 Å². The number of thioether (sulfide) groups is 1. The van der Waals surface area contributed by atoms with E-state index in [4.69, 9.17) is 0 Å². The highest BCUT2D eigenvalue weighted by Gasteiger charge is 2.17. The van der Waals surface area contributed by atoms with Crippen molar-refractivity contribution in [1.82, 2.24) is 19.7 Å². The second-order valence-corrected chi connectivity index (χ2v) is 8.05. The van der Waals surface area contributed by atoms with Crippen LogP contribution in [0.2, 0.25) is 0 Å². The number of hydrogen-bond donors (Lipinski definition) is 1. The van der Waals surface area contributed by atoms with Gasteiger partial charge in [0.2, 0.25) is 5.91 Å². The monoisotopic (exact) mass is 437 g/mol. The van der Waals surface area contributed by atoms with Crippen LogP contribution in [0.15, 0.2) is 102 Å². The minimum atomic E-state index is -0.0987. The third kappa shape index (κ3) is 4.24. The van der Waals surface area contributed by atoms with E-state index in [9.17, 15) is 4.79 Å². The largest absolute Gasteiger partial charge is 0.325 e. The molecule has 0 spiro atoms. The van der Waals surface area contributed by atoms with Crippen molar-refractivity contribution in [1.29, 1.82) is 0 Å². The number of carbonyl (C=O) groups is 1. The summed E-state index contributed by atoms with van der Waals surface area (Å²) < 4.78 is 1.96. The number of benzene rings is 3. The first-order valence-electron chi connectivity index (χ1n) is 10.1. The molecule has 5 rings (SSSR count). The van der Waals surface area contributed by atoms with Crippen LogP contribution in [-0.2, 0) is 4.79 Å². The molecule has 32 heavy (non-hydrogen) atoms. The third-order valence-electron chi connectivity index (χ3n) is 4.95. The molecular formula is C25H19N5OS. The first-order chi connectivity index (χ1) is 15.8. The average molecular weight is 438 g/mol. The summed E-state index contributed by atoms with van der Waals surface area (Å²) in [6.45, 7) is 0. The summed E-state index contributed by atoms with van der Waals surface area (Å²) in [5, 5.41) is 14.6. The van der Waals surface area contributed by atoms with Crippen molar-refractivity contribution in [2.45, 2.75) is 5.16 Å². The maximum Gasteiger partial charge on any atom is 0.234 e. The Kier molecular flexibility index (Phi) is 5.63. The van der Waals surface area contributed by atoms with E-state index < -0.39 is 0 Å². The summed E-state index contributed by atoms with van der Waals surface area (Å²) >= 11 is 1.35. The van der Waals surface area contributed by atoms with Gasteiger partial charge in [-0.25, -0.2) is 0 Å². The topological polar surface area (TPSA) is 72.7 Å². The number of rotatable bonds is 6. The lowest BCUT2D eigenvalue weighted by Gasteiger charge is -2.10. The highest BCUT2D eigenvalue weighted by atomic mass is 32.2. The molecule has 0 fully saturated rings. The van der Waals surface area contributed by atoms with Crippen molar-refractivity contribution >= 4 is 34.1 Å². The summed E-state index contributed by atoms with van der Waals surface area (Å²) in [5.74, 6) is 0.822. The first-order valence-corrected chi connectivity index (χ1v) is 11.1. The number of aromatic nitrogens is 4. The summed E-state index contributed by atoms with van der Waals surface area (Å²) in [5.41, 5.74) is 2.61. The minimum absolute atomic E-state index is 0.0987. The Hall–Kier alpha value is -3.97. The summed E-state index contributed by atoms with van der Waals surface area (Å²) in [6, 6.07) is 27.6. The van der Waals surface area contributed by atoms with E-state index in [0.717, 1.165) is 27.7 Å². The van der Waals surface area contributed by atoms with Crippen LogP contribution >= 0.6 is 11.8 Å². The van der Waals surface area contributed by atoms with Gasteiger partial charge in [0.25, 0.3) is 0 Å². The Labute approximate surface area is 189 Å². The molecule has 0 bridgehead atoms. The van der Waals surface area contributed by atoms with E-state index in [1.54, 1.807) is 12.4 Å². The predicted molar refractivity (Wildman–Crippen MR) is 128 cm³/mol. The van der Waals surface area contributed by atoms with Gasteiger partial charge in [-0.2, -0.15) is 0 Å². The van der Waals surface area contributed by atoms with Crippen molar-refractivity contribution in [3.05, 3.63) is 97.3 Å². The molecule has 0 atom stereocenters. The van der Waals surface area contributed by atoms with Crippen LogP contribution in [-0.4, -0.2) is 31.4 Å². The Bertz CT molecular complexity index is 1370. The summed E-state index contributed by atoms with van der Waals surface area (Å²) in [7, 11) is 0. The number of hydrogen-bond acceptors (Lipinski definition) is 5. The lowest BCUT2D eigenvalue weighted by Crippen LogP contribution is -2.14. The standard InChI is InChI=1S/C25H19N5OS/c31-23(27-21-11-10-18-6-4-5-7-20(18)16-21)17-32-25-29-28-24(19-12-14-26-15-13-19)30(25)22-8-2-1-3-9-22/h1-16H,17H2,(H,27,31). The highest BCUT2D eigenvalue weighted by molar-refractivity contribution is 7.99. The molecule has 7 heteroatoms. The lowest BCUT2D eigenvalue weighted by atomic mass is 10.1. The zero-order valence-electron chi connectivity index (χ0n) is 17.1. The second-order valence-electron chi connectivity index (χ2n) is 7.11. The average Bonchev–Trinajstić information content (AvgIpc) is 3.28. The quantitative estimate of drug-likeness (QED) is 0.369. The number of nitrogens with zero attached hydrogens (tertiary/aromatic N) is 4. The molecule has 0 aliphatic carbocycles. The van der Waals surface area contributed by atoms with E-state index in [2.05, 4.69) is 20.5 Å². The first kappa shape index (κ1) is 20.0. The smallest absolute Gasteiger partial charge is 0.234 e. The van der Waals surface area contributed by atoms with Crippen LogP contribution in [0.25, 0.3) is 27.8 Å². The number of nitrogens with one attached hydrogen (secondary N) is 1. The fraction of sp³-hybridized carbons (Fsp3) is 0.0400. The molecule has 3 aromatic carbocycles. The van der Waals surface area contributed by atoms with Crippen LogP contribution in [0.4, 0.5) is 5.69 Å². The molecular weight excluding hydrogens is 418 g/mol. The Morgan fingerprint density at radius 1 is 0.844 bits per heavy atom. The molecule has 2 heterocycles. The number of pyridine rings is 1.